The average Bonchev–Trinajstić information content (AvgIpc) is 2.69. The Morgan fingerprint density at radius 2 is 2.07 bits per heavy atom. The first kappa shape index (κ1) is 21.8. The summed E-state index contributed by atoms with van der Waals surface area (Å²) in [4.78, 5) is 4.67. The van der Waals surface area contributed by atoms with Crippen LogP contribution in [0.15, 0.2) is 29.3 Å². The Labute approximate surface area is 164 Å². The average molecular weight is 398 g/mol. The van der Waals surface area contributed by atoms with Gasteiger partial charge in [0, 0.05) is 41.5 Å². The molecule has 2 N–H and O–H groups in total. The fourth-order valence-electron chi connectivity index (χ4n) is 3.43. The summed E-state index contributed by atoms with van der Waals surface area (Å²) < 4.78 is 30.8. The molecule has 1 aliphatic carbocycles. The van der Waals surface area contributed by atoms with Gasteiger partial charge in [-0.2, -0.15) is 0 Å². The van der Waals surface area contributed by atoms with Gasteiger partial charge in [-0.05, 0) is 43.9 Å². The van der Waals surface area contributed by atoms with Crippen LogP contribution >= 0.6 is 0 Å². The van der Waals surface area contributed by atoms with Gasteiger partial charge in [0.2, 0.25) is 0 Å². The van der Waals surface area contributed by atoms with Crippen molar-refractivity contribution < 1.29 is 13.3 Å². The lowest BCUT2D eigenvalue weighted by Gasteiger charge is -2.30. The monoisotopic (exact) mass is 397 g/mol. The van der Waals surface area contributed by atoms with Crippen molar-refractivity contribution in [2.75, 3.05) is 26.0 Å². The molecule has 0 amide bonds. The molecule has 1 aromatic rings. The van der Waals surface area contributed by atoms with Gasteiger partial charge in [-0.1, -0.05) is 25.5 Å². The van der Waals surface area contributed by atoms with Crippen molar-refractivity contribution in [3.63, 3.8) is 0 Å². The zero-order chi connectivity index (χ0) is 19.6. The normalized spacial score (nSPS) is 22.9. The summed E-state index contributed by atoms with van der Waals surface area (Å²) in [5, 5.41) is 7.04. The molecular formula is C20H32FN3O2S. The van der Waals surface area contributed by atoms with E-state index in [0.29, 0.717) is 6.54 Å². The topological polar surface area (TPSA) is 62.7 Å². The molecule has 4 unspecified atom stereocenters. The number of ether oxygens (including phenoxy) is 1. The lowest BCUT2D eigenvalue weighted by Crippen LogP contribution is -2.46. The maximum atomic E-state index is 13.1. The van der Waals surface area contributed by atoms with Crippen LogP contribution in [0.4, 0.5) is 4.39 Å². The summed E-state index contributed by atoms with van der Waals surface area (Å²) in [6.07, 6.45) is 3.88. The fraction of sp³-hybridized carbons (Fsp3) is 0.650. The van der Waals surface area contributed by atoms with Gasteiger partial charge in [-0.3, -0.25) is 9.20 Å². The molecule has 0 bridgehead atoms. The summed E-state index contributed by atoms with van der Waals surface area (Å²) in [6.45, 7) is 5.21. The van der Waals surface area contributed by atoms with Crippen molar-refractivity contribution in [2.24, 2.45) is 4.99 Å². The number of aliphatic imine (C=N–C) groups is 1. The van der Waals surface area contributed by atoms with Crippen molar-refractivity contribution in [3.05, 3.63) is 35.6 Å². The Bertz CT molecular complexity index is 624. The van der Waals surface area contributed by atoms with Crippen molar-refractivity contribution >= 4 is 16.8 Å². The molecule has 0 spiro atoms. The number of benzene rings is 1. The number of halogens is 1. The van der Waals surface area contributed by atoms with E-state index in [1.807, 2.05) is 13.8 Å². The van der Waals surface area contributed by atoms with Crippen LogP contribution in [0.2, 0.25) is 0 Å². The van der Waals surface area contributed by atoms with Gasteiger partial charge in [0.15, 0.2) is 5.96 Å². The highest BCUT2D eigenvalue weighted by atomic mass is 32.2. The minimum atomic E-state index is -0.743. The standard InChI is InChI=1S/C20H32FN3O2S/c1-4-22-20(24-17-7-6-8-18(13-17)27(25)5-2)23-14-19(26-3)15-9-11-16(21)12-10-15/h9-12,17-19H,4-8,13-14H2,1-3H3,(H2,22,23,24). The molecule has 0 aromatic heterocycles. The summed E-state index contributed by atoms with van der Waals surface area (Å²) in [5.41, 5.74) is 0.898. The largest absolute Gasteiger partial charge is 0.375 e. The summed E-state index contributed by atoms with van der Waals surface area (Å²) in [6, 6.07) is 6.61. The van der Waals surface area contributed by atoms with Gasteiger partial charge in [0.25, 0.3) is 0 Å². The molecule has 0 radical (unpaired) electrons. The smallest absolute Gasteiger partial charge is 0.191 e. The van der Waals surface area contributed by atoms with Gasteiger partial charge in [-0.25, -0.2) is 4.39 Å². The maximum absolute atomic E-state index is 13.1. The van der Waals surface area contributed by atoms with E-state index < -0.39 is 10.8 Å². The van der Waals surface area contributed by atoms with Gasteiger partial charge in [0.1, 0.15) is 11.9 Å². The molecule has 1 aliphatic rings. The minimum Gasteiger partial charge on any atom is -0.375 e. The quantitative estimate of drug-likeness (QED) is 0.523. The SMILES string of the molecule is CCNC(=NCC(OC)c1ccc(F)cc1)NC1CCCC(S(=O)CC)C1. The van der Waals surface area contributed by atoms with Crippen LogP contribution in [0.25, 0.3) is 0 Å². The van der Waals surface area contributed by atoms with Crippen LogP contribution in [-0.2, 0) is 15.5 Å². The molecule has 1 fully saturated rings. The molecular weight excluding hydrogens is 365 g/mol. The van der Waals surface area contributed by atoms with E-state index in [9.17, 15) is 8.60 Å². The predicted molar refractivity (Wildman–Crippen MR) is 110 cm³/mol. The van der Waals surface area contributed by atoms with Crippen LogP contribution in [0.1, 0.15) is 51.2 Å². The highest BCUT2D eigenvalue weighted by molar-refractivity contribution is 7.85. The number of hydrogen-bond acceptors (Lipinski definition) is 3. The highest BCUT2D eigenvalue weighted by Crippen LogP contribution is 2.23. The number of rotatable bonds is 8. The number of nitrogens with zero attached hydrogens (tertiary/aromatic N) is 1. The molecule has 5 nitrogen and oxygen atoms in total. The first-order chi connectivity index (χ1) is 13.1. The first-order valence-electron chi connectivity index (χ1n) is 9.77. The Morgan fingerprint density at radius 1 is 1.33 bits per heavy atom. The molecule has 0 heterocycles. The molecule has 4 atom stereocenters. The second-order valence-electron chi connectivity index (χ2n) is 6.79. The number of methoxy groups -OCH3 is 1. The van der Waals surface area contributed by atoms with Crippen LogP contribution in [0.3, 0.4) is 0 Å². The lowest BCUT2D eigenvalue weighted by molar-refractivity contribution is 0.111. The molecule has 7 heteroatoms. The molecule has 1 saturated carbocycles. The third kappa shape index (κ3) is 6.88. The van der Waals surface area contributed by atoms with Gasteiger partial charge < -0.3 is 15.4 Å². The van der Waals surface area contributed by atoms with Gasteiger partial charge in [-0.15, -0.1) is 0 Å². The van der Waals surface area contributed by atoms with Gasteiger partial charge >= 0.3 is 0 Å². The number of guanidine groups is 1. The summed E-state index contributed by atoms with van der Waals surface area (Å²) in [5.74, 6) is 1.21. The fourth-order valence-corrected chi connectivity index (χ4v) is 4.78. The van der Waals surface area contributed by atoms with Crippen LogP contribution in [-0.4, -0.2) is 47.4 Å². The van der Waals surface area contributed by atoms with Crippen molar-refractivity contribution in [3.8, 4) is 0 Å². The number of hydrogen-bond donors (Lipinski definition) is 2. The molecule has 0 saturated heterocycles. The molecule has 27 heavy (non-hydrogen) atoms. The summed E-state index contributed by atoms with van der Waals surface area (Å²) in [7, 11) is 0.892. The van der Waals surface area contributed by atoms with E-state index in [1.165, 1.54) is 12.1 Å². The molecule has 152 valence electrons. The van der Waals surface area contributed by atoms with Crippen molar-refractivity contribution in [1.82, 2.24) is 10.6 Å². The van der Waals surface area contributed by atoms with E-state index in [2.05, 4.69) is 15.6 Å². The zero-order valence-corrected chi connectivity index (χ0v) is 17.4. The second-order valence-corrected chi connectivity index (χ2v) is 8.80. The van der Waals surface area contributed by atoms with E-state index >= 15 is 0 Å². The van der Waals surface area contributed by atoms with Crippen LogP contribution in [0, 0.1) is 5.82 Å². The Morgan fingerprint density at radius 3 is 2.70 bits per heavy atom. The van der Waals surface area contributed by atoms with Crippen LogP contribution in [0.5, 0.6) is 0 Å². The minimum absolute atomic E-state index is 0.229. The summed E-state index contributed by atoms with van der Waals surface area (Å²) >= 11 is 0. The molecule has 0 aliphatic heterocycles. The van der Waals surface area contributed by atoms with E-state index in [-0.39, 0.29) is 23.2 Å². The molecule has 1 aromatic carbocycles. The van der Waals surface area contributed by atoms with E-state index in [4.69, 9.17) is 4.74 Å². The van der Waals surface area contributed by atoms with Crippen LogP contribution < -0.4 is 10.6 Å². The third-order valence-corrected chi connectivity index (χ3v) is 6.65. The Kier molecular flexibility index (Phi) is 9.21. The Balaban J connectivity index is 2.00. The molecule has 2 rings (SSSR count). The number of nitrogens with one attached hydrogen (secondary N) is 2. The predicted octanol–water partition coefficient (Wildman–Crippen LogP) is 3.15. The third-order valence-electron chi connectivity index (χ3n) is 4.91. The first-order valence-corrected chi connectivity index (χ1v) is 11.2. The zero-order valence-electron chi connectivity index (χ0n) is 16.5. The van der Waals surface area contributed by atoms with Crippen molar-refractivity contribution in [2.45, 2.75) is 56.9 Å². The van der Waals surface area contributed by atoms with Crippen molar-refractivity contribution in [1.29, 1.82) is 0 Å². The van der Waals surface area contributed by atoms with E-state index in [1.54, 1.807) is 19.2 Å². The van der Waals surface area contributed by atoms with Gasteiger partial charge in [0.05, 0.1) is 6.54 Å². The maximum Gasteiger partial charge on any atom is 0.191 e. The second kappa shape index (κ2) is 11.4. The lowest BCUT2D eigenvalue weighted by atomic mass is 9.95. The Hall–Kier alpha value is -1.47. The highest BCUT2D eigenvalue weighted by Gasteiger charge is 2.26. The van der Waals surface area contributed by atoms with E-state index in [0.717, 1.165) is 49.5 Å².